The van der Waals surface area contributed by atoms with Gasteiger partial charge in [0, 0.05) is 31.9 Å². The average Bonchev–Trinajstić information content (AvgIpc) is 2.94. The molecule has 0 aromatic heterocycles. The number of hydrogen-bond donors (Lipinski definition) is 2. The molecule has 2 aliphatic heterocycles. The van der Waals surface area contributed by atoms with Crippen LogP contribution in [-0.2, 0) is 9.59 Å². The molecule has 32 heavy (non-hydrogen) atoms. The van der Waals surface area contributed by atoms with Crippen molar-refractivity contribution in [1.29, 1.82) is 5.26 Å². The SMILES string of the molecule is CC1CCC2(CC1)NC(=O)N(NC(=O)CN1CCCN(c3ccc(C#N)cc3)CC1)C2=O. The van der Waals surface area contributed by atoms with E-state index < -0.39 is 11.6 Å². The maximum absolute atomic E-state index is 12.9. The van der Waals surface area contributed by atoms with Gasteiger partial charge in [-0.1, -0.05) is 6.92 Å². The summed E-state index contributed by atoms with van der Waals surface area (Å²) in [7, 11) is 0. The monoisotopic (exact) mass is 438 g/mol. The molecule has 0 unspecified atom stereocenters. The quantitative estimate of drug-likeness (QED) is 0.692. The van der Waals surface area contributed by atoms with Crippen molar-refractivity contribution in [3.8, 4) is 6.07 Å². The van der Waals surface area contributed by atoms with Gasteiger partial charge in [0.15, 0.2) is 0 Å². The Kier molecular flexibility index (Phi) is 6.33. The summed E-state index contributed by atoms with van der Waals surface area (Å²) >= 11 is 0. The van der Waals surface area contributed by atoms with Crippen LogP contribution in [0.5, 0.6) is 0 Å². The van der Waals surface area contributed by atoms with E-state index in [0.29, 0.717) is 30.9 Å². The van der Waals surface area contributed by atoms with Gasteiger partial charge >= 0.3 is 6.03 Å². The number of carbonyl (C=O) groups excluding carboxylic acids is 3. The van der Waals surface area contributed by atoms with Crippen LogP contribution in [0.25, 0.3) is 0 Å². The molecule has 3 aliphatic rings. The van der Waals surface area contributed by atoms with Gasteiger partial charge in [-0.15, -0.1) is 0 Å². The molecule has 1 spiro atoms. The number of amides is 4. The lowest BCUT2D eigenvalue weighted by Crippen LogP contribution is -2.53. The molecular weight excluding hydrogens is 408 g/mol. The maximum atomic E-state index is 12.9. The standard InChI is InChI=1S/C23H30N6O3/c1-17-7-9-23(10-8-17)21(31)29(22(32)25-23)26-20(30)16-27-11-2-12-28(14-13-27)19-5-3-18(15-24)4-6-19/h3-6,17H,2,7-14,16H2,1H3,(H,25,32)(H,26,30). The van der Waals surface area contributed by atoms with Crippen LogP contribution in [0.15, 0.2) is 24.3 Å². The summed E-state index contributed by atoms with van der Waals surface area (Å²) in [4.78, 5) is 42.2. The molecule has 4 rings (SSSR count). The van der Waals surface area contributed by atoms with Gasteiger partial charge in [-0.05, 0) is 62.3 Å². The molecule has 0 radical (unpaired) electrons. The van der Waals surface area contributed by atoms with E-state index in [-0.39, 0.29) is 18.4 Å². The fraction of sp³-hybridized carbons (Fsp3) is 0.565. The highest BCUT2D eigenvalue weighted by Crippen LogP contribution is 2.35. The van der Waals surface area contributed by atoms with E-state index in [2.05, 4.69) is 28.6 Å². The van der Waals surface area contributed by atoms with Gasteiger partial charge in [0.1, 0.15) is 5.54 Å². The van der Waals surface area contributed by atoms with Gasteiger partial charge < -0.3 is 10.2 Å². The number of nitrogens with zero attached hydrogens (tertiary/aromatic N) is 4. The van der Waals surface area contributed by atoms with Crippen molar-refractivity contribution in [2.24, 2.45) is 5.92 Å². The minimum absolute atomic E-state index is 0.127. The Hall–Kier alpha value is -3.12. The van der Waals surface area contributed by atoms with Crippen molar-refractivity contribution < 1.29 is 14.4 Å². The summed E-state index contributed by atoms with van der Waals surface area (Å²) in [6.07, 6.45) is 3.89. The van der Waals surface area contributed by atoms with E-state index in [1.807, 2.05) is 29.2 Å². The summed E-state index contributed by atoms with van der Waals surface area (Å²) in [5.74, 6) is -0.159. The molecule has 2 heterocycles. The molecule has 9 nitrogen and oxygen atoms in total. The number of carbonyl (C=O) groups is 3. The summed E-state index contributed by atoms with van der Waals surface area (Å²) in [5.41, 5.74) is 3.36. The van der Waals surface area contributed by atoms with Crippen molar-refractivity contribution in [3.63, 3.8) is 0 Å². The minimum Gasteiger partial charge on any atom is -0.370 e. The second-order valence-corrected chi connectivity index (χ2v) is 9.15. The van der Waals surface area contributed by atoms with Crippen molar-refractivity contribution in [2.75, 3.05) is 37.6 Å². The molecule has 2 saturated heterocycles. The van der Waals surface area contributed by atoms with Crippen LogP contribution < -0.4 is 15.6 Å². The topological polar surface area (TPSA) is 109 Å². The lowest BCUT2D eigenvalue weighted by Gasteiger charge is -2.33. The minimum atomic E-state index is -0.860. The molecule has 1 aliphatic carbocycles. The van der Waals surface area contributed by atoms with E-state index >= 15 is 0 Å². The molecule has 9 heteroatoms. The first kappa shape index (κ1) is 22.1. The number of benzene rings is 1. The number of imide groups is 1. The first-order chi connectivity index (χ1) is 15.4. The first-order valence-corrected chi connectivity index (χ1v) is 11.3. The van der Waals surface area contributed by atoms with E-state index in [9.17, 15) is 14.4 Å². The predicted molar refractivity (Wildman–Crippen MR) is 118 cm³/mol. The predicted octanol–water partition coefficient (Wildman–Crippen LogP) is 1.60. The summed E-state index contributed by atoms with van der Waals surface area (Å²) in [5, 5.41) is 12.7. The van der Waals surface area contributed by atoms with Crippen LogP contribution in [0.3, 0.4) is 0 Å². The second-order valence-electron chi connectivity index (χ2n) is 9.15. The Morgan fingerprint density at radius 1 is 1.16 bits per heavy atom. The number of hydrazine groups is 1. The molecule has 1 aromatic rings. The lowest BCUT2D eigenvalue weighted by molar-refractivity contribution is -0.140. The number of hydrogen-bond acceptors (Lipinski definition) is 6. The van der Waals surface area contributed by atoms with Gasteiger partial charge in [0.25, 0.3) is 11.8 Å². The van der Waals surface area contributed by atoms with Gasteiger partial charge in [0.2, 0.25) is 0 Å². The molecule has 1 aromatic carbocycles. The smallest absolute Gasteiger partial charge is 0.344 e. The molecule has 1 saturated carbocycles. The molecule has 3 fully saturated rings. The zero-order chi connectivity index (χ0) is 22.7. The van der Waals surface area contributed by atoms with E-state index in [0.717, 1.165) is 49.6 Å². The third-order valence-electron chi connectivity index (χ3n) is 6.84. The first-order valence-electron chi connectivity index (χ1n) is 11.3. The fourth-order valence-electron chi connectivity index (χ4n) is 4.81. The zero-order valence-corrected chi connectivity index (χ0v) is 18.5. The largest absolute Gasteiger partial charge is 0.370 e. The van der Waals surface area contributed by atoms with Crippen LogP contribution >= 0.6 is 0 Å². The number of nitriles is 1. The highest BCUT2D eigenvalue weighted by Gasteiger charge is 2.52. The normalized spacial score (nSPS) is 26.6. The Labute approximate surface area is 188 Å². The highest BCUT2D eigenvalue weighted by atomic mass is 16.2. The Balaban J connectivity index is 1.30. The highest BCUT2D eigenvalue weighted by molar-refractivity contribution is 6.08. The number of urea groups is 1. The zero-order valence-electron chi connectivity index (χ0n) is 18.5. The van der Waals surface area contributed by atoms with Crippen LogP contribution in [-0.4, -0.2) is 66.0 Å². The average molecular weight is 439 g/mol. The van der Waals surface area contributed by atoms with E-state index in [4.69, 9.17) is 5.26 Å². The molecular formula is C23H30N6O3. The third-order valence-corrected chi connectivity index (χ3v) is 6.84. The Bertz CT molecular complexity index is 917. The van der Waals surface area contributed by atoms with Crippen molar-refractivity contribution in [2.45, 2.75) is 44.6 Å². The van der Waals surface area contributed by atoms with E-state index in [1.54, 1.807) is 0 Å². The number of rotatable bonds is 4. The second kappa shape index (κ2) is 9.17. The maximum Gasteiger partial charge on any atom is 0.344 e. The molecule has 2 N–H and O–H groups in total. The molecule has 170 valence electrons. The fourth-order valence-corrected chi connectivity index (χ4v) is 4.81. The molecule has 0 bridgehead atoms. The Morgan fingerprint density at radius 3 is 2.56 bits per heavy atom. The van der Waals surface area contributed by atoms with Crippen molar-refractivity contribution >= 4 is 23.5 Å². The number of nitrogens with one attached hydrogen (secondary N) is 2. The van der Waals surface area contributed by atoms with Gasteiger partial charge in [0.05, 0.1) is 18.2 Å². The van der Waals surface area contributed by atoms with Gasteiger partial charge in [-0.3, -0.25) is 19.9 Å². The van der Waals surface area contributed by atoms with Crippen LogP contribution in [0.1, 0.15) is 44.6 Å². The van der Waals surface area contributed by atoms with Crippen molar-refractivity contribution in [1.82, 2.24) is 20.7 Å². The summed E-state index contributed by atoms with van der Waals surface area (Å²) in [6.45, 7) is 5.33. The summed E-state index contributed by atoms with van der Waals surface area (Å²) < 4.78 is 0. The lowest BCUT2D eigenvalue weighted by atomic mass is 9.77. The van der Waals surface area contributed by atoms with Crippen LogP contribution in [0, 0.1) is 17.2 Å². The third kappa shape index (κ3) is 4.55. The number of anilines is 1. The molecule has 0 atom stereocenters. The van der Waals surface area contributed by atoms with Crippen LogP contribution in [0.2, 0.25) is 0 Å². The van der Waals surface area contributed by atoms with E-state index in [1.165, 1.54) is 0 Å². The van der Waals surface area contributed by atoms with Gasteiger partial charge in [-0.25, -0.2) is 4.79 Å². The van der Waals surface area contributed by atoms with Crippen LogP contribution in [0.4, 0.5) is 10.5 Å². The van der Waals surface area contributed by atoms with Gasteiger partial charge in [-0.2, -0.15) is 10.3 Å². The molecule has 4 amide bonds. The Morgan fingerprint density at radius 2 is 1.88 bits per heavy atom. The van der Waals surface area contributed by atoms with Crippen molar-refractivity contribution in [3.05, 3.63) is 29.8 Å². The summed E-state index contributed by atoms with van der Waals surface area (Å²) in [6, 6.07) is 9.09.